The maximum Gasteiger partial charge on any atom is 0.218 e. The Balaban J connectivity index is 2.12. The largest absolute Gasteiger partial charge is 0.218 e. The zero-order valence-corrected chi connectivity index (χ0v) is 13.5. The molecule has 0 bridgehead atoms. The Hall–Kier alpha value is -1.38. The number of hydrogen-bond donors (Lipinski definition) is 0. The molecule has 0 N–H and O–H groups in total. The topological polar surface area (TPSA) is 61.2 Å². The molecule has 4 nitrogen and oxygen atoms in total. The molecule has 0 atom stereocenters. The van der Waals surface area contributed by atoms with Crippen molar-refractivity contribution in [3.05, 3.63) is 35.4 Å². The third-order valence-corrected chi connectivity index (χ3v) is 6.48. The summed E-state index contributed by atoms with van der Waals surface area (Å²) in [5, 5.41) is 9.07. The summed E-state index contributed by atoms with van der Waals surface area (Å²) in [6, 6.07) is 8.97. The summed E-state index contributed by atoms with van der Waals surface area (Å²) in [5.41, 5.74) is 1.29. The first-order chi connectivity index (χ1) is 9.90. The average molecular weight is 306 g/mol. The van der Waals surface area contributed by atoms with Crippen molar-refractivity contribution in [2.45, 2.75) is 38.9 Å². The highest BCUT2D eigenvalue weighted by Crippen LogP contribution is 2.35. The van der Waals surface area contributed by atoms with Crippen LogP contribution in [-0.2, 0) is 15.8 Å². The molecule has 21 heavy (non-hydrogen) atoms. The highest BCUT2D eigenvalue weighted by Gasteiger charge is 2.33. The van der Waals surface area contributed by atoms with Gasteiger partial charge >= 0.3 is 0 Å². The van der Waals surface area contributed by atoms with Crippen LogP contribution in [0.4, 0.5) is 0 Å². The number of benzene rings is 1. The summed E-state index contributed by atoms with van der Waals surface area (Å²) in [5.74, 6) is -0.0838. The minimum atomic E-state index is -3.35. The second kappa shape index (κ2) is 6.17. The smallest absolute Gasteiger partial charge is 0.212 e. The molecule has 114 valence electrons. The van der Waals surface area contributed by atoms with Crippen LogP contribution in [0.2, 0.25) is 0 Å². The van der Waals surface area contributed by atoms with Crippen molar-refractivity contribution in [3.63, 3.8) is 0 Å². The van der Waals surface area contributed by atoms with E-state index in [4.69, 9.17) is 5.26 Å². The molecule has 0 spiro atoms. The third-order valence-electron chi connectivity index (χ3n) is 4.65. The Kier molecular flexibility index (Phi) is 4.70. The van der Waals surface area contributed by atoms with E-state index in [9.17, 15) is 8.42 Å². The monoisotopic (exact) mass is 306 g/mol. The number of nitrogens with zero attached hydrogens (tertiary/aromatic N) is 2. The van der Waals surface area contributed by atoms with E-state index in [-0.39, 0.29) is 11.2 Å². The Morgan fingerprint density at radius 3 is 2.48 bits per heavy atom. The van der Waals surface area contributed by atoms with Crippen LogP contribution >= 0.6 is 0 Å². The molecule has 0 amide bonds. The summed E-state index contributed by atoms with van der Waals surface area (Å²) in [7, 11) is -3.35. The Morgan fingerprint density at radius 1 is 1.29 bits per heavy atom. The van der Waals surface area contributed by atoms with Crippen LogP contribution in [0.1, 0.15) is 44.2 Å². The van der Waals surface area contributed by atoms with Crippen LogP contribution in [0.15, 0.2) is 24.3 Å². The van der Waals surface area contributed by atoms with Gasteiger partial charge in [-0.25, -0.2) is 12.7 Å². The lowest BCUT2D eigenvalue weighted by molar-refractivity contribution is 0.169. The van der Waals surface area contributed by atoms with Gasteiger partial charge < -0.3 is 0 Å². The van der Waals surface area contributed by atoms with Crippen molar-refractivity contribution >= 4 is 10.0 Å². The van der Waals surface area contributed by atoms with E-state index in [1.54, 1.807) is 28.6 Å². The van der Waals surface area contributed by atoms with Crippen LogP contribution in [0.5, 0.6) is 0 Å². The van der Waals surface area contributed by atoms with Crippen molar-refractivity contribution in [1.82, 2.24) is 4.31 Å². The van der Waals surface area contributed by atoms with Crippen LogP contribution in [0.25, 0.3) is 0 Å². The summed E-state index contributed by atoms with van der Waals surface area (Å²) in [6.45, 7) is 5.55. The fourth-order valence-electron chi connectivity index (χ4n) is 2.70. The lowest BCUT2D eigenvalue weighted by Crippen LogP contribution is -2.42. The van der Waals surface area contributed by atoms with Gasteiger partial charge in [-0.05, 0) is 29.9 Å². The summed E-state index contributed by atoms with van der Waals surface area (Å²) < 4.78 is 26.7. The fourth-order valence-corrected chi connectivity index (χ4v) is 4.27. The van der Waals surface area contributed by atoms with Gasteiger partial charge in [-0.3, -0.25) is 0 Å². The first-order valence-electron chi connectivity index (χ1n) is 7.36. The number of rotatable bonds is 4. The van der Waals surface area contributed by atoms with Gasteiger partial charge in [-0.2, -0.15) is 5.26 Å². The first-order valence-corrected chi connectivity index (χ1v) is 8.97. The second-order valence-electron chi connectivity index (χ2n) is 6.09. The number of sulfonamides is 1. The minimum absolute atomic E-state index is 0.0838. The van der Waals surface area contributed by atoms with Gasteiger partial charge in [0.05, 0.1) is 17.4 Å². The number of hydrogen-bond acceptors (Lipinski definition) is 3. The van der Waals surface area contributed by atoms with Crippen molar-refractivity contribution in [2.24, 2.45) is 5.41 Å². The molecule has 0 radical (unpaired) electrons. The molecule has 0 aliphatic carbocycles. The molecular formula is C16H22N2O2S. The lowest BCUT2D eigenvalue weighted by Gasteiger charge is -2.38. The highest BCUT2D eigenvalue weighted by molar-refractivity contribution is 7.88. The van der Waals surface area contributed by atoms with Gasteiger partial charge in [0.1, 0.15) is 0 Å². The Labute approximate surface area is 127 Å². The predicted octanol–water partition coefficient (Wildman–Crippen LogP) is 2.90. The SMILES string of the molecule is CCC1(C)CCN(S(=O)(=O)Cc2ccccc2C#N)CC1. The Morgan fingerprint density at radius 2 is 1.90 bits per heavy atom. The third kappa shape index (κ3) is 3.63. The quantitative estimate of drug-likeness (QED) is 0.859. The number of nitriles is 1. The molecule has 0 unspecified atom stereocenters. The maximum absolute atomic E-state index is 12.5. The van der Waals surface area contributed by atoms with Gasteiger partial charge in [0.2, 0.25) is 10.0 Å². The predicted molar refractivity (Wildman–Crippen MR) is 83.0 cm³/mol. The fraction of sp³-hybridized carbons (Fsp3) is 0.562. The Bertz CT molecular complexity index is 638. The van der Waals surface area contributed by atoms with E-state index in [0.717, 1.165) is 19.3 Å². The van der Waals surface area contributed by atoms with E-state index in [1.807, 2.05) is 0 Å². The van der Waals surface area contributed by atoms with E-state index in [0.29, 0.717) is 24.2 Å². The lowest BCUT2D eigenvalue weighted by atomic mass is 9.79. The van der Waals surface area contributed by atoms with Gasteiger partial charge in [0.25, 0.3) is 0 Å². The van der Waals surface area contributed by atoms with Crippen molar-refractivity contribution < 1.29 is 8.42 Å². The standard InChI is InChI=1S/C16H22N2O2S/c1-3-16(2)8-10-18(11-9-16)21(19,20)13-15-7-5-4-6-14(15)12-17/h4-7H,3,8-11,13H2,1-2H3. The normalized spacial score (nSPS) is 19.1. The minimum Gasteiger partial charge on any atom is -0.212 e. The van der Waals surface area contributed by atoms with Crippen molar-refractivity contribution in [2.75, 3.05) is 13.1 Å². The molecule has 1 saturated heterocycles. The molecule has 0 saturated carbocycles. The van der Waals surface area contributed by atoms with Gasteiger partial charge in [0, 0.05) is 13.1 Å². The molecule has 1 fully saturated rings. The van der Waals surface area contributed by atoms with Crippen molar-refractivity contribution in [3.8, 4) is 6.07 Å². The maximum atomic E-state index is 12.5. The summed E-state index contributed by atoms with van der Waals surface area (Å²) in [4.78, 5) is 0. The highest BCUT2D eigenvalue weighted by atomic mass is 32.2. The summed E-state index contributed by atoms with van der Waals surface area (Å²) in [6.07, 6.45) is 2.89. The summed E-state index contributed by atoms with van der Waals surface area (Å²) >= 11 is 0. The number of piperidine rings is 1. The molecule has 1 aliphatic rings. The van der Waals surface area contributed by atoms with Crippen LogP contribution in [0, 0.1) is 16.7 Å². The van der Waals surface area contributed by atoms with Crippen LogP contribution < -0.4 is 0 Å². The first kappa shape index (κ1) is 16.0. The zero-order valence-electron chi connectivity index (χ0n) is 12.7. The molecular weight excluding hydrogens is 284 g/mol. The van der Waals surface area contributed by atoms with Gasteiger partial charge in [-0.1, -0.05) is 38.5 Å². The van der Waals surface area contributed by atoms with E-state index >= 15 is 0 Å². The van der Waals surface area contributed by atoms with E-state index < -0.39 is 10.0 Å². The molecule has 5 heteroatoms. The van der Waals surface area contributed by atoms with E-state index in [2.05, 4.69) is 19.9 Å². The molecule has 2 rings (SSSR count). The van der Waals surface area contributed by atoms with Crippen LogP contribution in [-0.4, -0.2) is 25.8 Å². The molecule has 1 aromatic rings. The van der Waals surface area contributed by atoms with Crippen molar-refractivity contribution in [1.29, 1.82) is 5.26 Å². The van der Waals surface area contributed by atoms with E-state index in [1.165, 1.54) is 0 Å². The van der Waals surface area contributed by atoms with Gasteiger partial charge in [0.15, 0.2) is 0 Å². The average Bonchev–Trinajstić information content (AvgIpc) is 2.48. The molecule has 0 aromatic heterocycles. The zero-order chi connectivity index (χ0) is 15.5. The molecule has 1 heterocycles. The molecule has 1 aromatic carbocycles. The second-order valence-corrected chi connectivity index (χ2v) is 8.06. The van der Waals surface area contributed by atoms with Gasteiger partial charge in [-0.15, -0.1) is 0 Å². The van der Waals surface area contributed by atoms with Crippen LogP contribution in [0.3, 0.4) is 0 Å². The molecule has 1 aliphatic heterocycles.